The number of hydrogen-bond acceptors (Lipinski definition) is 3. The molecule has 0 saturated heterocycles. The second-order valence-corrected chi connectivity index (χ2v) is 6.57. The van der Waals surface area contributed by atoms with Crippen LogP contribution in [0.3, 0.4) is 0 Å². The monoisotopic (exact) mass is 305 g/mol. The maximum Gasteiger partial charge on any atom is 0.252 e. The molecular formula is C16H36NO2P. The minimum Gasteiger partial charge on any atom is -0.322 e. The van der Waals surface area contributed by atoms with Crippen molar-refractivity contribution in [2.75, 3.05) is 13.2 Å². The van der Waals surface area contributed by atoms with Crippen LogP contribution in [-0.2, 0) is 9.05 Å². The van der Waals surface area contributed by atoms with Gasteiger partial charge in [0.2, 0.25) is 0 Å². The first kappa shape index (κ1) is 20.3. The molecule has 122 valence electrons. The zero-order chi connectivity index (χ0) is 14.9. The quantitative estimate of drug-likeness (QED) is 0.284. The van der Waals surface area contributed by atoms with E-state index in [0.29, 0.717) is 0 Å². The van der Waals surface area contributed by atoms with Crippen LogP contribution in [0, 0.1) is 0 Å². The molecular weight excluding hydrogens is 269 g/mol. The second-order valence-electron chi connectivity index (χ2n) is 5.49. The molecule has 3 nitrogen and oxygen atoms in total. The molecule has 0 rings (SSSR count). The lowest BCUT2D eigenvalue weighted by Gasteiger charge is -2.12. The summed E-state index contributed by atoms with van der Waals surface area (Å²) in [6.07, 6.45) is 15.4. The Kier molecular flexibility index (Phi) is 17.6. The average Bonchev–Trinajstić information content (AvgIpc) is 2.45. The maximum atomic E-state index is 5.82. The van der Waals surface area contributed by atoms with E-state index in [1.807, 2.05) is 0 Å². The molecule has 0 spiro atoms. The molecule has 0 amide bonds. The van der Waals surface area contributed by atoms with Crippen molar-refractivity contribution in [2.45, 2.75) is 90.9 Å². The van der Waals surface area contributed by atoms with E-state index in [4.69, 9.17) is 14.6 Å². The average molecular weight is 305 g/mol. The lowest BCUT2D eigenvalue weighted by molar-refractivity contribution is 0.240. The molecule has 0 aromatic rings. The summed E-state index contributed by atoms with van der Waals surface area (Å²) in [5.74, 6) is 0. The van der Waals surface area contributed by atoms with Crippen LogP contribution in [0.5, 0.6) is 0 Å². The SMILES string of the molecule is CCCCCCCCOP(N)OCCCCCCCC. The van der Waals surface area contributed by atoms with E-state index in [-0.39, 0.29) is 0 Å². The van der Waals surface area contributed by atoms with Gasteiger partial charge in [0, 0.05) is 0 Å². The highest BCUT2D eigenvalue weighted by Crippen LogP contribution is 2.29. The highest BCUT2D eigenvalue weighted by atomic mass is 31.2. The number of rotatable bonds is 16. The van der Waals surface area contributed by atoms with E-state index in [1.54, 1.807) is 0 Å². The van der Waals surface area contributed by atoms with Crippen LogP contribution in [0.2, 0.25) is 0 Å². The first-order valence-corrected chi connectivity index (χ1v) is 9.86. The molecule has 0 unspecified atom stereocenters. The van der Waals surface area contributed by atoms with Gasteiger partial charge in [-0.15, -0.1) is 0 Å². The first-order valence-electron chi connectivity index (χ1n) is 8.61. The van der Waals surface area contributed by atoms with Crippen molar-refractivity contribution < 1.29 is 9.05 Å². The van der Waals surface area contributed by atoms with Crippen LogP contribution < -0.4 is 5.50 Å². The van der Waals surface area contributed by atoms with Gasteiger partial charge in [0.25, 0.3) is 8.53 Å². The van der Waals surface area contributed by atoms with Gasteiger partial charge in [-0.25, -0.2) is 0 Å². The Morgan fingerprint density at radius 3 is 1.35 bits per heavy atom. The van der Waals surface area contributed by atoms with E-state index in [9.17, 15) is 0 Å². The minimum absolute atomic E-state index is 0.755. The summed E-state index contributed by atoms with van der Waals surface area (Å²) >= 11 is 0. The lowest BCUT2D eigenvalue weighted by Crippen LogP contribution is -2.01. The van der Waals surface area contributed by atoms with Crippen molar-refractivity contribution in [3.05, 3.63) is 0 Å². The molecule has 0 bridgehead atoms. The fourth-order valence-corrected chi connectivity index (χ4v) is 2.80. The van der Waals surface area contributed by atoms with Crippen molar-refractivity contribution in [3.63, 3.8) is 0 Å². The molecule has 0 radical (unpaired) electrons. The summed E-state index contributed by atoms with van der Waals surface area (Å²) in [5.41, 5.74) is 5.82. The number of unbranched alkanes of at least 4 members (excludes halogenated alkanes) is 10. The van der Waals surface area contributed by atoms with Crippen molar-refractivity contribution in [2.24, 2.45) is 5.50 Å². The smallest absolute Gasteiger partial charge is 0.252 e. The van der Waals surface area contributed by atoms with E-state index >= 15 is 0 Å². The molecule has 20 heavy (non-hydrogen) atoms. The Bertz CT molecular complexity index is 164. The summed E-state index contributed by atoms with van der Waals surface area (Å²) in [4.78, 5) is 0. The van der Waals surface area contributed by atoms with Gasteiger partial charge in [0.1, 0.15) is 0 Å². The van der Waals surface area contributed by atoms with E-state index in [0.717, 1.165) is 26.1 Å². The van der Waals surface area contributed by atoms with Crippen LogP contribution in [0.4, 0.5) is 0 Å². The summed E-state index contributed by atoms with van der Waals surface area (Å²) in [5, 5.41) is 0. The van der Waals surface area contributed by atoms with Crippen LogP contribution >= 0.6 is 8.53 Å². The van der Waals surface area contributed by atoms with E-state index in [2.05, 4.69) is 13.8 Å². The summed E-state index contributed by atoms with van der Waals surface area (Å²) in [6, 6.07) is 0. The fraction of sp³-hybridized carbons (Fsp3) is 1.00. The molecule has 0 aromatic carbocycles. The molecule has 0 aliphatic rings. The zero-order valence-corrected chi connectivity index (χ0v) is 14.6. The molecule has 0 aliphatic carbocycles. The summed E-state index contributed by atoms with van der Waals surface area (Å²) < 4.78 is 11.0. The molecule has 4 heteroatoms. The topological polar surface area (TPSA) is 44.5 Å². The predicted octanol–water partition coefficient (Wildman–Crippen LogP) is 5.93. The van der Waals surface area contributed by atoms with Gasteiger partial charge in [-0.3, -0.25) is 5.50 Å². The zero-order valence-electron chi connectivity index (χ0n) is 13.7. The van der Waals surface area contributed by atoms with Crippen LogP contribution in [0.15, 0.2) is 0 Å². The third-order valence-electron chi connectivity index (χ3n) is 3.43. The standard InChI is InChI=1S/C16H36NO2P/c1-3-5-7-9-11-13-15-18-20(17)19-16-14-12-10-8-6-4-2/h3-17H2,1-2H3. The normalized spacial score (nSPS) is 11.4. The lowest BCUT2D eigenvalue weighted by atomic mass is 10.1. The van der Waals surface area contributed by atoms with Gasteiger partial charge in [0.05, 0.1) is 13.2 Å². The van der Waals surface area contributed by atoms with Crippen LogP contribution in [0.25, 0.3) is 0 Å². The largest absolute Gasteiger partial charge is 0.322 e. The Hall–Kier alpha value is 0.310. The van der Waals surface area contributed by atoms with Crippen molar-refractivity contribution in [1.82, 2.24) is 0 Å². The van der Waals surface area contributed by atoms with Crippen molar-refractivity contribution >= 4 is 8.53 Å². The first-order chi connectivity index (χ1) is 9.81. The Labute approximate surface area is 128 Å². The molecule has 2 N–H and O–H groups in total. The highest BCUT2D eigenvalue weighted by molar-refractivity contribution is 7.44. The van der Waals surface area contributed by atoms with Crippen LogP contribution in [-0.4, -0.2) is 13.2 Å². The van der Waals surface area contributed by atoms with Crippen molar-refractivity contribution in [1.29, 1.82) is 0 Å². The predicted molar refractivity (Wildman–Crippen MR) is 89.8 cm³/mol. The molecule has 0 saturated carbocycles. The second kappa shape index (κ2) is 17.4. The Morgan fingerprint density at radius 2 is 0.950 bits per heavy atom. The third-order valence-corrected chi connectivity index (χ3v) is 4.31. The third kappa shape index (κ3) is 16.4. The fourth-order valence-electron chi connectivity index (χ4n) is 2.11. The van der Waals surface area contributed by atoms with Gasteiger partial charge in [-0.05, 0) is 12.8 Å². The highest BCUT2D eigenvalue weighted by Gasteiger charge is 2.03. The van der Waals surface area contributed by atoms with Crippen LogP contribution in [0.1, 0.15) is 90.9 Å². The van der Waals surface area contributed by atoms with Crippen molar-refractivity contribution in [3.8, 4) is 0 Å². The van der Waals surface area contributed by atoms with Gasteiger partial charge >= 0.3 is 0 Å². The Morgan fingerprint density at radius 1 is 0.600 bits per heavy atom. The van der Waals surface area contributed by atoms with Gasteiger partial charge in [0.15, 0.2) is 0 Å². The van der Waals surface area contributed by atoms with E-state index in [1.165, 1.54) is 64.2 Å². The Balaban J connectivity index is 3.11. The van der Waals surface area contributed by atoms with Gasteiger partial charge in [-0.2, -0.15) is 0 Å². The summed E-state index contributed by atoms with van der Waals surface area (Å²) in [7, 11) is -1.14. The minimum atomic E-state index is -1.14. The van der Waals surface area contributed by atoms with E-state index < -0.39 is 8.53 Å². The van der Waals surface area contributed by atoms with Gasteiger partial charge in [-0.1, -0.05) is 78.1 Å². The molecule has 0 aromatic heterocycles. The molecule has 0 fully saturated rings. The van der Waals surface area contributed by atoms with Gasteiger partial charge < -0.3 is 9.05 Å². The number of hydrogen-bond donors (Lipinski definition) is 1. The molecule has 0 aliphatic heterocycles. The molecule has 0 heterocycles. The maximum absolute atomic E-state index is 5.82. The summed E-state index contributed by atoms with van der Waals surface area (Å²) in [6.45, 7) is 5.99. The number of nitrogens with two attached hydrogens (primary N) is 1. The molecule has 0 atom stereocenters.